The highest BCUT2D eigenvalue weighted by atomic mass is 14.3. The van der Waals surface area contributed by atoms with Crippen molar-refractivity contribution < 1.29 is 0 Å². The van der Waals surface area contributed by atoms with E-state index in [-0.39, 0.29) is 5.41 Å². The molecule has 0 radical (unpaired) electrons. The minimum absolute atomic E-state index is 0.00916. The van der Waals surface area contributed by atoms with Crippen LogP contribution in [0.1, 0.15) is 25.0 Å². The molecule has 0 heterocycles. The number of benzene rings is 6. The van der Waals surface area contributed by atoms with Crippen molar-refractivity contribution in [3.8, 4) is 11.1 Å². The first-order valence-electron chi connectivity index (χ1n) is 11.0. The van der Waals surface area contributed by atoms with Crippen LogP contribution >= 0.6 is 0 Å². The fraction of sp³-hybridized carbons (Fsp3) is 0.0968. The van der Waals surface area contributed by atoms with E-state index < -0.39 is 0 Å². The monoisotopic (exact) mass is 394 g/mol. The Hall–Kier alpha value is -3.64. The van der Waals surface area contributed by atoms with Gasteiger partial charge in [-0.1, -0.05) is 98.8 Å². The fourth-order valence-electron chi connectivity index (χ4n) is 5.85. The van der Waals surface area contributed by atoms with E-state index in [0.717, 1.165) is 0 Å². The SMILES string of the molecule is CC1(C)c2cccc3ccc4c(-c5ccc6ccccc6c5)cc5cccc1c5c4c23. The van der Waals surface area contributed by atoms with Crippen LogP contribution in [0.4, 0.5) is 0 Å². The molecule has 1 aliphatic carbocycles. The maximum absolute atomic E-state index is 2.40. The van der Waals surface area contributed by atoms with Gasteiger partial charge in [0.05, 0.1) is 0 Å². The van der Waals surface area contributed by atoms with Crippen LogP contribution in [-0.2, 0) is 5.41 Å². The highest BCUT2D eigenvalue weighted by Gasteiger charge is 2.32. The van der Waals surface area contributed by atoms with Crippen molar-refractivity contribution in [1.82, 2.24) is 0 Å². The zero-order chi connectivity index (χ0) is 20.7. The molecule has 0 heteroatoms. The van der Waals surface area contributed by atoms with Crippen LogP contribution < -0.4 is 0 Å². The first kappa shape index (κ1) is 17.1. The Morgan fingerprint density at radius 2 is 1.13 bits per heavy atom. The van der Waals surface area contributed by atoms with Gasteiger partial charge in [0.25, 0.3) is 0 Å². The van der Waals surface area contributed by atoms with Crippen molar-refractivity contribution >= 4 is 43.1 Å². The molecule has 0 nitrogen and oxygen atoms in total. The molecule has 0 saturated heterocycles. The maximum atomic E-state index is 2.40. The van der Waals surface area contributed by atoms with Gasteiger partial charge in [0.1, 0.15) is 0 Å². The number of rotatable bonds is 1. The van der Waals surface area contributed by atoms with Gasteiger partial charge in [-0.15, -0.1) is 0 Å². The van der Waals surface area contributed by atoms with Gasteiger partial charge in [-0.3, -0.25) is 0 Å². The number of hydrogen-bond donors (Lipinski definition) is 0. The molecule has 1 aliphatic rings. The minimum Gasteiger partial charge on any atom is -0.0616 e. The molecule has 6 aromatic rings. The lowest BCUT2D eigenvalue weighted by Gasteiger charge is -2.34. The molecule has 0 fully saturated rings. The van der Waals surface area contributed by atoms with E-state index in [4.69, 9.17) is 0 Å². The summed E-state index contributed by atoms with van der Waals surface area (Å²) < 4.78 is 0. The molecule has 0 N–H and O–H groups in total. The van der Waals surface area contributed by atoms with Crippen molar-refractivity contribution in [2.75, 3.05) is 0 Å². The van der Waals surface area contributed by atoms with Crippen LogP contribution in [0.2, 0.25) is 0 Å². The predicted molar refractivity (Wildman–Crippen MR) is 134 cm³/mol. The Morgan fingerprint density at radius 1 is 0.484 bits per heavy atom. The normalized spacial score (nSPS) is 14.4. The fourth-order valence-corrected chi connectivity index (χ4v) is 5.85. The molecule has 0 saturated carbocycles. The highest BCUT2D eigenvalue weighted by molar-refractivity contribution is 6.27. The summed E-state index contributed by atoms with van der Waals surface area (Å²) in [5.74, 6) is 0. The summed E-state index contributed by atoms with van der Waals surface area (Å²) in [6, 6.07) is 36.2. The summed E-state index contributed by atoms with van der Waals surface area (Å²) in [4.78, 5) is 0. The molecule has 0 atom stereocenters. The van der Waals surface area contributed by atoms with Crippen LogP contribution in [0.3, 0.4) is 0 Å². The van der Waals surface area contributed by atoms with E-state index in [1.807, 2.05) is 0 Å². The lowest BCUT2D eigenvalue weighted by atomic mass is 9.69. The molecule has 31 heavy (non-hydrogen) atoms. The second-order valence-corrected chi connectivity index (χ2v) is 9.41. The molecule has 0 amide bonds. The zero-order valence-electron chi connectivity index (χ0n) is 17.7. The molecule has 0 aliphatic heterocycles. The second kappa shape index (κ2) is 5.74. The molecule has 7 rings (SSSR count). The summed E-state index contributed by atoms with van der Waals surface area (Å²) in [6.07, 6.45) is 0. The van der Waals surface area contributed by atoms with Crippen molar-refractivity contribution in [2.24, 2.45) is 0 Å². The van der Waals surface area contributed by atoms with Crippen molar-refractivity contribution in [1.29, 1.82) is 0 Å². The smallest absolute Gasteiger partial charge is 0.0159 e. The summed E-state index contributed by atoms with van der Waals surface area (Å²) in [5, 5.41) is 10.9. The minimum atomic E-state index is -0.00916. The van der Waals surface area contributed by atoms with Gasteiger partial charge >= 0.3 is 0 Å². The first-order valence-corrected chi connectivity index (χ1v) is 11.0. The van der Waals surface area contributed by atoms with Crippen molar-refractivity contribution in [3.05, 3.63) is 108 Å². The Kier molecular flexibility index (Phi) is 3.16. The van der Waals surface area contributed by atoms with Gasteiger partial charge in [0.15, 0.2) is 0 Å². The van der Waals surface area contributed by atoms with Gasteiger partial charge in [-0.2, -0.15) is 0 Å². The molecule has 6 aromatic carbocycles. The second-order valence-electron chi connectivity index (χ2n) is 9.41. The summed E-state index contributed by atoms with van der Waals surface area (Å²) in [7, 11) is 0. The lowest BCUT2D eigenvalue weighted by Crippen LogP contribution is -2.22. The van der Waals surface area contributed by atoms with E-state index in [0.29, 0.717) is 0 Å². The van der Waals surface area contributed by atoms with E-state index in [1.165, 1.54) is 65.3 Å². The lowest BCUT2D eigenvalue weighted by molar-refractivity contribution is 0.652. The summed E-state index contributed by atoms with van der Waals surface area (Å²) >= 11 is 0. The van der Waals surface area contributed by atoms with E-state index >= 15 is 0 Å². The molecule has 0 bridgehead atoms. The Bertz CT molecular complexity index is 1670. The molecular weight excluding hydrogens is 372 g/mol. The topological polar surface area (TPSA) is 0 Å². The Labute approximate surface area is 181 Å². The van der Waals surface area contributed by atoms with Crippen LogP contribution in [-0.4, -0.2) is 0 Å². The van der Waals surface area contributed by atoms with Crippen LogP contribution in [0.5, 0.6) is 0 Å². The quantitative estimate of drug-likeness (QED) is 0.245. The third-order valence-corrected chi connectivity index (χ3v) is 7.39. The molecule has 0 unspecified atom stereocenters. The summed E-state index contributed by atoms with van der Waals surface area (Å²) in [5.41, 5.74) is 5.47. The van der Waals surface area contributed by atoms with E-state index in [9.17, 15) is 0 Å². The molecule has 0 spiro atoms. The van der Waals surface area contributed by atoms with Crippen LogP contribution in [0, 0.1) is 0 Å². The largest absolute Gasteiger partial charge is 0.0616 e. The Balaban J connectivity index is 1.71. The Morgan fingerprint density at radius 3 is 1.94 bits per heavy atom. The third-order valence-electron chi connectivity index (χ3n) is 7.39. The van der Waals surface area contributed by atoms with E-state index in [1.54, 1.807) is 0 Å². The maximum Gasteiger partial charge on any atom is 0.0159 e. The standard InChI is InChI=1S/C31H22/c1-31(2)26-11-5-9-20-15-16-24-25(22-14-13-19-7-3-4-8-21(19)17-22)18-23-10-6-12-27(31)29(23)30(24)28(20)26/h3-18H,1-2H3. The van der Waals surface area contributed by atoms with Gasteiger partial charge in [0, 0.05) is 5.41 Å². The third kappa shape index (κ3) is 2.15. The summed E-state index contributed by atoms with van der Waals surface area (Å²) in [6.45, 7) is 4.74. The average Bonchev–Trinajstić information content (AvgIpc) is 2.81. The van der Waals surface area contributed by atoms with Crippen LogP contribution in [0.15, 0.2) is 97.1 Å². The van der Waals surface area contributed by atoms with Crippen molar-refractivity contribution in [3.63, 3.8) is 0 Å². The highest BCUT2D eigenvalue weighted by Crippen LogP contribution is 2.50. The molecule has 0 aromatic heterocycles. The van der Waals surface area contributed by atoms with Gasteiger partial charge < -0.3 is 0 Å². The number of fused-ring (bicyclic) bond motifs is 1. The van der Waals surface area contributed by atoms with Gasteiger partial charge in [-0.25, -0.2) is 0 Å². The van der Waals surface area contributed by atoms with Gasteiger partial charge in [0.2, 0.25) is 0 Å². The van der Waals surface area contributed by atoms with E-state index in [2.05, 4.69) is 111 Å². The van der Waals surface area contributed by atoms with Gasteiger partial charge in [-0.05, 0) is 77.5 Å². The number of hydrogen-bond acceptors (Lipinski definition) is 0. The van der Waals surface area contributed by atoms with Crippen LogP contribution in [0.25, 0.3) is 54.2 Å². The zero-order valence-corrected chi connectivity index (χ0v) is 17.7. The molecular formula is C31H22. The molecule has 146 valence electrons. The van der Waals surface area contributed by atoms with Crippen molar-refractivity contribution in [2.45, 2.75) is 19.3 Å². The average molecular weight is 395 g/mol. The predicted octanol–water partition coefficient (Wildman–Crippen LogP) is 8.61. The first-order chi connectivity index (χ1) is 15.1.